The van der Waals surface area contributed by atoms with Gasteiger partial charge in [-0.1, -0.05) is 0 Å². The monoisotopic (exact) mass is 247 g/mol. The van der Waals surface area contributed by atoms with Crippen LogP contribution >= 0.6 is 22.6 Å². The molecule has 6 heavy (non-hydrogen) atoms. The molecule has 0 spiro atoms. The second kappa shape index (κ2) is 3.37. The van der Waals surface area contributed by atoms with E-state index in [1.54, 1.807) is 0 Å². The molecule has 0 rings (SSSR count). The number of hydrogen-bond donors (Lipinski definition) is 0. The van der Waals surface area contributed by atoms with E-state index in [2.05, 4.69) is 36.4 Å². The third-order valence-corrected chi connectivity index (χ3v) is 4.14. The van der Waals surface area contributed by atoms with E-state index >= 15 is 0 Å². The molecule has 0 nitrogen and oxygen atoms in total. The van der Waals surface area contributed by atoms with Gasteiger partial charge in [-0.05, 0) is 0 Å². The predicted molar refractivity (Wildman–Crippen MR) is 32.6 cm³/mol. The summed E-state index contributed by atoms with van der Waals surface area (Å²) in [6.07, 6.45) is 0. The summed E-state index contributed by atoms with van der Waals surface area (Å²) in [6.45, 7) is 4.53. The molecule has 1 unspecified atom stereocenters. The molecule has 0 aromatic rings. The maximum atomic E-state index is 2.49. The van der Waals surface area contributed by atoms with Gasteiger partial charge in [0.15, 0.2) is 0 Å². The zero-order valence-corrected chi connectivity index (χ0v) is 9.36. The van der Waals surface area contributed by atoms with Gasteiger partial charge in [0.2, 0.25) is 0 Å². The van der Waals surface area contributed by atoms with Crippen molar-refractivity contribution in [2.45, 2.75) is 16.4 Å². The van der Waals surface area contributed by atoms with Crippen LogP contribution in [0.5, 0.6) is 0 Å². The van der Waals surface area contributed by atoms with Gasteiger partial charge in [-0.3, -0.25) is 0 Å². The quantitative estimate of drug-likeness (QED) is 0.378. The van der Waals surface area contributed by atoms with Crippen LogP contribution in [0.15, 0.2) is 0 Å². The topological polar surface area (TPSA) is 0 Å². The van der Waals surface area contributed by atoms with E-state index in [1.165, 1.54) is 18.3 Å². The van der Waals surface area contributed by atoms with Gasteiger partial charge in [-0.15, -0.1) is 0 Å². The summed E-state index contributed by atoms with van der Waals surface area (Å²) in [5, 5.41) is 0. The summed E-state index contributed by atoms with van der Waals surface area (Å²) in [5.41, 5.74) is 0. The molecule has 0 amide bonds. The zero-order valence-electron chi connectivity index (χ0n) is 4.24. The third-order valence-electron chi connectivity index (χ3n) is 0.723. The average molecular weight is 248 g/mol. The van der Waals surface area contributed by atoms with E-state index in [4.69, 9.17) is 0 Å². The van der Waals surface area contributed by atoms with E-state index in [0.29, 0.717) is 0 Å². The van der Waals surface area contributed by atoms with Crippen LogP contribution in [0.1, 0.15) is 13.8 Å². The minimum atomic E-state index is 0.894. The van der Waals surface area contributed by atoms with Crippen LogP contribution in [0.3, 0.4) is 0 Å². The number of hydrogen-bond acceptors (Lipinski definition) is 0. The molecular formula is C4H8IZn. The number of rotatable bonds is 1. The Morgan fingerprint density at radius 2 is 1.67 bits per heavy atom. The Morgan fingerprint density at radius 1 is 1.50 bits per heavy atom. The fourth-order valence-corrected chi connectivity index (χ4v) is 0. The molecule has 0 aliphatic heterocycles. The predicted octanol–water partition coefficient (Wildman–Crippen LogP) is 1.95. The Kier molecular flexibility index (Phi) is 4.13. The SMILES string of the molecule is CC(C)[CH]([Zn])I. The Hall–Kier alpha value is 1.35. The number of halogens is 1. The van der Waals surface area contributed by atoms with Crippen LogP contribution in [0.4, 0.5) is 0 Å². The van der Waals surface area contributed by atoms with Crippen LogP contribution < -0.4 is 0 Å². The summed E-state index contributed by atoms with van der Waals surface area (Å²) in [4.78, 5) is 0. The molecule has 0 fully saturated rings. The molecular weight excluding hydrogens is 240 g/mol. The van der Waals surface area contributed by atoms with Gasteiger partial charge in [0.1, 0.15) is 0 Å². The second-order valence-electron chi connectivity index (χ2n) is 1.76. The first-order chi connectivity index (χ1) is 2.64. The van der Waals surface area contributed by atoms with E-state index < -0.39 is 0 Å². The summed E-state index contributed by atoms with van der Waals surface area (Å²) >= 11 is 3.92. The van der Waals surface area contributed by atoms with Crippen LogP contribution in [0.25, 0.3) is 0 Å². The Bertz CT molecular complexity index is 28.5. The first kappa shape index (κ1) is 7.35. The van der Waals surface area contributed by atoms with Gasteiger partial charge < -0.3 is 0 Å². The van der Waals surface area contributed by atoms with Crippen molar-refractivity contribution in [3.8, 4) is 0 Å². The van der Waals surface area contributed by atoms with Crippen molar-refractivity contribution in [2.75, 3.05) is 0 Å². The summed E-state index contributed by atoms with van der Waals surface area (Å²) in [5.74, 6) is 0.894. The molecule has 0 saturated heterocycles. The Morgan fingerprint density at radius 3 is 1.67 bits per heavy atom. The van der Waals surface area contributed by atoms with Crippen molar-refractivity contribution in [1.82, 2.24) is 0 Å². The molecule has 0 aromatic carbocycles. The van der Waals surface area contributed by atoms with Crippen molar-refractivity contribution in [3.05, 3.63) is 0 Å². The summed E-state index contributed by atoms with van der Waals surface area (Å²) < 4.78 is 0.947. The molecule has 0 saturated carbocycles. The number of alkyl halides is 1. The molecule has 0 aliphatic rings. The van der Waals surface area contributed by atoms with Gasteiger partial charge in [0.25, 0.3) is 0 Å². The van der Waals surface area contributed by atoms with Gasteiger partial charge in [0.05, 0.1) is 0 Å². The molecule has 0 aromatic heterocycles. The Labute approximate surface area is 62.9 Å². The van der Waals surface area contributed by atoms with Crippen molar-refractivity contribution >= 4 is 22.6 Å². The standard InChI is InChI=1S/C4H8I.Zn/c1-4(2)3-5;/h3-4H,1-2H3;. The van der Waals surface area contributed by atoms with E-state index in [-0.39, 0.29) is 0 Å². The molecule has 2 heteroatoms. The van der Waals surface area contributed by atoms with Crippen LogP contribution in [-0.4, -0.2) is 2.52 Å². The van der Waals surface area contributed by atoms with Crippen LogP contribution in [0, 0.1) is 5.92 Å². The molecule has 0 N–H and O–H groups in total. The first-order valence-electron chi connectivity index (χ1n) is 2.11. The van der Waals surface area contributed by atoms with Gasteiger partial charge in [-0.2, -0.15) is 0 Å². The van der Waals surface area contributed by atoms with Crippen molar-refractivity contribution in [1.29, 1.82) is 0 Å². The Balaban J connectivity index is 2.99. The van der Waals surface area contributed by atoms with E-state index in [9.17, 15) is 0 Å². The van der Waals surface area contributed by atoms with E-state index in [1.807, 2.05) is 0 Å². The van der Waals surface area contributed by atoms with Crippen LogP contribution in [0.2, 0.25) is 0 Å². The van der Waals surface area contributed by atoms with Gasteiger partial charge >= 0.3 is 63.2 Å². The average Bonchev–Trinajstić information content (AvgIpc) is 1.36. The molecule has 1 atom stereocenters. The van der Waals surface area contributed by atoms with Crippen molar-refractivity contribution in [2.24, 2.45) is 5.92 Å². The molecule has 0 heterocycles. The van der Waals surface area contributed by atoms with Crippen LogP contribution in [-0.2, 0) is 18.3 Å². The second-order valence-corrected chi connectivity index (χ2v) is 8.69. The van der Waals surface area contributed by atoms with Crippen molar-refractivity contribution < 1.29 is 18.3 Å². The van der Waals surface area contributed by atoms with E-state index in [0.717, 1.165) is 8.44 Å². The normalized spacial score (nSPS) is 15.7. The van der Waals surface area contributed by atoms with Gasteiger partial charge in [0, 0.05) is 0 Å². The maximum absolute atomic E-state index is 2.49. The third kappa shape index (κ3) is 3.54. The molecule has 0 bridgehead atoms. The molecule has 0 aliphatic carbocycles. The zero-order chi connectivity index (χ0) is 5.15. The molecule has 0 radical (unpaired) electrons. The fraction of sp³-hybridized carbons (Fsp3) is 1.00. The summed E-state index contributed by atoms with van der Waals surface area (Å²) in [7, 11) is 0. The van der Waals surface area contributed by atoms with Gasteiger partial charge in [-0.25, -0.2) is 0 Å². The first-order valence-corrected chi connectivity index (χ1v) is 5.07. The summed E-state index contributed by atoms with van der Waals surface area (Å²) in [6, 6.07) is 0. The fourth-order valence-electron chi connectivity index (χ4n) is 0. The molecule has 33 valence electrons. The minimum absolute atomic E-state index is 0.894. The van der Waals surface area contributed by atoms with Crippen molar-refractivity contribution in [3.63, 3.8) is 0 Å².